The zero-order valence-corrected chi connectivity index (χ0v) is 55.3. The molecule has 0 bridgehead atoms. The Morgan fingerprint density at radius 2 is 0.588 bits per heavy atom. The molecule has 0 spiro atoms. The highest BCUT2D eigenvalue weighted by Gasteiger charge is 2.29. The molecule has 18 heteroatoms. The van der Waals surface area contributed by atoms with E-state index >= 15 is 0 Å². The first kappa shape index (κ1) is 82.2. The maximum Gasteiger partial charge on any atom is 0.472 e. The lowest BCUT2D eigenvalue weighted by atomic mass is 10.1. The zero-order valence-electron chi connectivity index (χ0n) is 53.5. The number of unbranched alkanes of at least 4 members (excludes halogenated alkanes) is 31. The van der Waals surface area contributed by atoms with E-state index in [1.54, 1.807) is 0 Å². The van der Waals surface area contributed by atoms with Gasteiger partial charge in [0.05, 0.1) is 26.4 Å². The monoisotopic (exact) mass is 1240 g/mol. The molecule has 16 nitrogen and oxygen atoms in total. The molecule has 5 atom stereocenters. The Morgan fingerprint density at radius 1 is 0.329 bits per heavy atom. The van der Waals surface area contributed by atoms with Gasteiger partial charge in [-0.25, -0.2) is 9.13 Å². The molecule has 0 aliphatic rings. The second kappa shape index (κ2) is 61.5. The number of hydrogen-bond donors (Lipinski definition) is 4. The van der Waals surface area contributed by atoms with Crippen LogP contribution in [-0.2, 0) is 55.8 Å². The van der Waals surface area contributed by atoms with E-state index in [2.05, 4.69) is 81.5 Å². The van der Waals surface area contributed by atoms with Gasteiger partial charge in [-0.3, -0.25) is 32.5 Å². The molecule has 0 aromatic rings. The van der Waals surface area contributed by atoms with Crippen molar-refractivity contribution in [2.24, 2.45) is 0 Å². The quantitative estimate of drug-likeness (QED) is 0.0146. The second-order valence-corrected chi connectivity index (χ2v) is 25.5. The van der Waals surface area contributed by atoms with Crippen LogP contribution in [0.3, 0.4) is 0 Å². The number of carbonyl (C=O) groups is 3. The van der Waals surface area contributed by atoms with E-state index in [-0.39, 0.29) is 19.3 Å². The summed E-state index contributed by atoms with van der Waals surface area (Å²) in [6, 6.07) is 0. The molecule has 0 aliphatic carbocycles. The Bertz CT molecular complexity index is 1800. The first-order chi connectivity index (χ1) is 41.2. The molecule has 0 rings (SSSR count). The number of esters is 3. The average molecular weight is 1250 g/mol. The number of aliphatic hydroxyl groups excluding tert-OH is 2. The highest BCUT2D eigenvalue weighted by molar-refractivity contribution is 7.47. The van der Waals surface area contributed by atoms with Crippen LogP contribution < -0.4 is 0 Å². The van der Waals surface area contributed by atoms with Crippen molar-refractivity contribution in [3.05, 3.63) is 60.8 Å². The Hall–Kier alpha value is -2.75. The summed E-state index contributed by atoms with van der Waals surface area (Å²) in [5.74, 6) is -1.58. The van der Waals surface area contributed by atoms with Gasteiger partial charge < -0.3 is 34.2 Å². The Labute approximate surface area is 516 Å². The van der Waals surface area contributed by atoms with E-state index in [4.69, 9.17) is 32.3 Å². The van der Waals surface area contributed by atoms with Crippen LogP contribution in [-0.4, -0.2) is 95.9 Å². The van der Waals surface area contributed by atoms with Gasteiger partial charge in [0, 0.05) is 19.3 Å². The van der Waals surface area contributed by atoms with Crippen LogP contribution in [0, 0.1) is 0 Å². The zero-order chi connectivity index (χ0) is 62.4. The van der Waals surface area contributed by atoms with E-state index in [1.807, 2.05) is 0 Å². The molecule has 0 aromatic carbocycles. The second-order valence-electron chi connectivity index (χ2n) is 22.6. The minimum atomic E-state index is -4.91. The van der Waals surface area contributed by atoms with Crippen LogP contribution >= 0.6 is 15.6 Å². The Morgan fingerprint density at radius 3 is 0.976 bits per heavy atom. The third-order valence-electron chi connectivity index (χ3n) is 14.2. The van der Waals surface area contributed by atoms with E-state index in [9.17, 15) is 43.5 Å². The third-order valence-corrected chi connectivity index (χ3v) is 16.1. The SMILES string of the molecule is CCCCC/C=C\C/C=C\C/C=C\C/C=C\CCCCCCCCCCCC(=O)OCC(O)COP(=O)(O)OCC(O)COP(=O)(O)OCC(COC(=O)CCCCCCC/C=C\CCCCCC)OC(=O)CCCCCCCCCCCCC. The molecule has 0 saturated carbocycles. The summed E-state index contributed by atoms with van der Waals surface area (Å²) >= 11 is 0. The summed E-state index contributed by atoms with van der Waals surface area (Å²) in [5, 5.41) is 20.5. The fourth-order valence-corrected chi connectivity index (χ4v) is 10.6. The minimum Gasteiger partial charge on any atom is -0.463 e. The molecular formula is C67H122O16P2. The number of hydrogen-bond acceptors (Lipinski definition) is 14. The van der Waals surface area contributed by atoms with Crippen LogP contribution in [0.4, 0.5) is 0 Å². The molecule has 5 unspecified atom stereocenters. The topological polar surface area (TPSA) is 231 Å². The normalized spacial score (nSPS) is 14.7. The molecule has 85 heavy (non-hydrogen) atoms. The van der Waals surface area contributed by atoms with Crippen molar-refractivity contribution in [1.82, 2.24) is 0 Å². The largest absolute Gasteiger partial charge is 0.472 e. The van der Waals surface area contributed by atoms with E-state index in [0.717, 1.165) is 116 Å². The molecule has 0 radical (unpaired) electrons. The predicted molar refractivity (Wildman–Crippen MR) is 344 cm³/mol. The van der Waals surface area contributed by atoms with Crippen molar-refractivity contribution in [2.45, 2.75) is 309 Å². The van der Waals surface area contributed by atoms with Crippen molar-refractivity contribution in [3.8, 4) is 0 Å². The van der Waals surface area contributed by atoms with Gasteiger partial charge in [-0.2, -0.15) is 0 Å². The number of carbonyl (C=O) groups excluding carboxylic acids is 3. The summed E-state index contributed by atoms with van der Waals surface area (Å²) in [5.41, 5.74) is 0. The summed E-state index contributed by atoms with van der Waals surface area (Å²) in [7, 11) is -9.75. The number of phosphoric ester groups is 2. The highest BCUT2D eigenvalue weighted by atomic mass is 31.2. The average Bonchev–Trinajstić information content (AvgIpc) is 3.60. The summed E-state index contributed by atoms with van der Waals surface area (Å²) in [6.07, 6.45) is 61.5. The van der Waals surface area contributed by atoms with Crippen molar-refractivity contribution < 1.29 is 75.8 Å². The lowest BCUT2D eigenvalue weighted by molar-refractivity contribution is -0.161. The lowest BCUT2D eigenvalue weighted by Gasteiger charge is -2.21. The van der Waals surface area contributed by atoms with Crippen LogP contribution in [0.1, 0.15) is 290 Å². The van der Waals surface area contributed by atoms with Gasteiger partial charge >= 0.3 is 33.6 Å². The Kier molecular flexibility index (Phi) is 59.5. The molecule has 0 fully saturated rings. The fraction of sp³-hybridized carbons (Fsp3) is 0.806. The minimum absolute atomic E-state index is 0.108. The van der Waals surface area contributed by atoms with Crippen molar-refractivity contribution in [3.63, 3.8) is 0 Å². The molecule has 0 aromatic heterocycles. The molecule has 496 valence electrons. The molecule has 0 saturated heterocycles. The number of aliphatic hydroxyl groups is 2. The van der Waals surface area contributed by atoms with Gasteiger partial charge in [0.2, 0.25) is 0 Å². The van der Waals surface area contributed by atoms with E-state index in [0.29, 0.717) is 19.3 Å². The summed E-state index contributed by atoms with van der Waals surface area (Å²) < 4.78 is 60.7. The van der Waals surface area contributed by atoms with Gasteiger partial charge in [0.25, 0.3) is 0 Å². The molecule has 0 heterocycles. The number of rotatable bonds is 64. The molecular weight excluding hydrogens is 1120 g/mol. The summed E-state index contributed by atoms with van der Waals surface area (Å²) in [6.45, 7) is 2.61. The maximum atomic E-state index is 12.8. The fourth-order valence-electron chi connectivity index (χ4n) is 9.02. The predicted octanol–water partition coefficient (Wildman–Crippen LogP) is 18.2. The van der Waals surface area contributed by atoms with Crippen LogP contribution in [0.5, 0.6) is 0 Å². The lowest BCUT2D eigenvalue weighted by Crippen LogP contribution is -2.30. The smallest absolute Gasteiger partial charge is 0.463 e. The van der Waals surface area contributed by atoms with Crippen molar-refractivity contribution in [2.75, 3.05) is 39.6 Å². The number of ether oxygens (including phenoxy) is 3. The van der Waals surface area contributed by atoms with Gasteiger partial charge in [0.15, 0.2) is 6.10 Å². The van der Waals surface area contributed by atoms with Gasteiger partial charge in [0.1, 0.15) is 25.4 Å². The van der Waals surface area contributed by atoms with E-state index < -0.39 is 91.5 Å². The van der Waals surface area contributed by atoms with Crippen molar-refractivity contribution in [1.29, 1.82) is 0 Å². The summed E-state index contributed by atoms with van der Waals surface area (Å²) in [4.78, 5) is 58.2. The number of phosphoric acid groups is 2. The Balaban J connectivity index is 4.46. The first-order valence-corrected chi connectivity index (χ1v) is 36.6. The van der Waals surface area contributed by atoms with Crippen LogP contribution in [0.15, 0.2) is 60.8 Å². The van der Waals surface area contributed by atoms with Crippen LogP contribution in [0.25, 0.3) is 0 Å². The van der Waals surface area contributed by atoms with Crippen molar-refractivity contribution >= 4 is 33.6 Å². The molecule has 0 aliphatic heterocycles. The van der Waals surface area contributed by atoms with Gasteiger partial charge in [-0.05, 0) is 89.9 Å². The van der Waals surface area contributed by atoms with Crippen LogP contribution in [0.2, 0.25) is 0 Å². The first-order valence-electron chi connectivity index (χ1n) is 33.6. The van der Waals surface area contributed by atoms with Gasteiger partial charge in [-0.15, -0.1) is 0 Å². The third kappa shape index (κ3) is 62.7. The maximum absolute atomic E-state index is 12.8. The molecule has 0 amide bonds. The van der Waals surface area contributed by atoms with E-state index in [1.165, 1.54) is 116 Å². The molecule has 4 N–H and O–H groups in total. The van der Waals surface area contributed by atoms with Gasteiger partial charge in [-0.1, -0.05) is 242 Å². The highest BCUT2D eigenvalue weighted by Crippen LogP contribution is 2.45. The number of allylic oxidation sites excluding steroid dienone is 10. The standard InChI is InChI=1S/C67H122O16P2/c1-4-7-10-13-16-19-22-24-25-26-27-28-29-30-31-32-33-34-35-37-40-41-44-47-50-53-65(70)77-56-62(68)57-79-84(73,74)80-58-63(69)59-81-85(75,76)82-61-64(83-67(72)55-52-49-46-43-38-21-18-15-12-9-6-3)60-78-66(71)54-51-48-45-42-39-36-23-20-17-14-11-8-5-2/h16,19-20,23-25,27-28,30-31,62-64,68-69H,4-15,17-18,21-22,26,29,32-61H2,1-3H3,(H,73,74)(H,75,76)/b19-16-,23-20-,25-24-,28-27-,31-30-.